The van der Waals surface area contributed by atoms with Gasteiger partial charge in [-0.05, 0) is 49.2 Å². The molecule has 15 heteroatoms. The van der Waals surface area contributed by atoms with Crippen LogP contribution in [0.2, 0.25) is 5.02 Å². The number of nitrogens with one attached hydrogen (secondary N) is 1. The predicted molar refractivity (Wildman–Crippen MR) is 145 cm³/mol. The number of imidazole rings is 1. The summed E-state index contributed by atoms with van der Waals surface area (Å²) in [5.41, 5.74) is 10.8. The number of alkyl halides is 3. The Labute approximate surface area is 236 Å². The normalized spacial score (nSPS) is 15.4. The van der Waals surface area contributed by atoms with Gasteiger partial charge < -0.3 is 26.3 Å². The van der Waals surface area contributed by atoms with E-state index in [2.05, 4.69) is 20.4 Å². The van der Waals surface area contributed by atoms with Crippen molar-refractivity contribution in [3.05, 3.63) is 71.0 Å². The van der Waals surface area contributed by atoms with E-state index in [1.807, 2.05) is 0 Å². The summed E-state index contributed by atoms with van der Waals surface area (Å²) in [6.45, 7) is 1.64. The molecule has 5 rings (SSSR count). The molecule has 41 heavy (non-hydrogen) atoms. The summed E-state index contributed by atoms with van der Waals surface area (Å²) in [5.74, 6) is -0.713. The molecule has 1 fully saturated rings. The fourth-order valence-corrected chi connectivity index (χ4v) is 4.89. The van der Waals surface area contributed by atoms with Gasteiger partial charge in [0, 0.05) is 32.0 Å². The number of halogens is 4. The molecule has 0 aliphatic carbocycles. The van der Waals surface area contributed by atoms with Gasteiger partial charge in [-0.25, -0.2) is 14.6 Å². The molecule has 214 valence electrons. The molecule has 0 unspecified atom stereocenters. The first-order valence-corrected chi connectivity index (χ1v) is 12.8. The predicted octanol–water partition coefficient (Wildman–Crippen LogP) is 3.60. The van der Waals surface area contributed by atoms with E-state index in [1.54, 1.807) is 4.90 Å². The maximum atomic E-state index is 13.9. The largest absolute Gasteiger partial charge is 0.435 e. The third kappa shape index (κ3) is 5.60. The summed E-state index contributed by atoms with van der Waals surface area (Å²) >= 11 is 6.37. The van der Waals surface area contributed by atoms with E-state index >= 15 is 0 Å². The number of likely N-dealkylation sites (tertiary alicyclic amines) is 1. The SMILES string of the molecule is Cn1c(-c2cn(-c3ccc(N)cn3)nc2C(F)(F)F)cnc1C(=O)Nc1ccc(C(=O)N2CC[C@H](CN)C2)c(Cl)c1. The average Bonchev–Trinajstić information content (AvgIpc) is 3.67. The number of carbonyl (C=O) groups excluding carboxylic acids is 2. The number of nitrogen functional groups attached to an aromatic ring is 1. The van der Waals surface area contributed by atoms with E-state index in [9.17, 15) is 22.8 Å². The molecule has 1 saturated heterocycles. The molecule has 1 aliphatic rings. The lowest BCUT2D eigenvalue weighted by Crippen LogP contribution is -2.30. The van der Waals surface area contributed by atoms with E-state index in [-0.39, 0.29) is 51.0 Å². The minimum absolute atomic E-state index is 0.00421. The van der Waals surface area contributed by atoms with Crippen LogP contribution in [0.1, 0.15) is 33.1 Å². The topological polar surface area (TPSA) is 150 Å². The van der Waals surface area contributed by atoms with Gasteiger partial charge in [0.25, 0.3) is 11.8 Å². The van der Waals surface area contributed by atoms with E-state index in [0.29, 0.717) is 25.3 Å². The summed E-state index contributed by atoms with van der Waals surface area (Å²) in [6.07, 6.45) is -0.359. The lowest BCUT2D eigenvalue weighted by atomic mass is 10.1. The van der Waals surface area contributed by atoms with Crippen LogP contribution in [0, 0.1) is 5.92 Å². The van der Waals surface area contributed by atoms with Crippen molar-refractivity contribution in [2.75, 3.05) is 30.7 Å². The first kappa shape index (κ1) is 28.1. The van der Waals surface area contributed by atoms with Crippen LogP contribution in [-0.4, -0.2) is 60.7 Å². The highest BCUT2D eigenvalue weighted by Crippen LogP contribution is 2.37. The quantitative estimate of drug-likeness (QED) is 0.312. The van der Waals surface area contributed by atoms with Crippen LogP contribution >= 0.6 is 11.6 Å². The van der Waals surface area contributed by atoms with Crippen LogP contribution in [-0.2, 0) is 13.2 Å². The van der Waals surface area contributed by atoms with Crippen molar-refractivity contribution in [2.45, 2.75) is 12.6 Å². The molecule has 1 aliphatic heterocycles. The number of benzene rings is 1. The Hall–Kier alpha value is -4.43. The average molecular weight is 588 g/mol. The number of amides is 2. The molecule has 1 atom stereocenters. The molecule has 11 nitrogen and oxygen atoms in total. The third-order valence-electron chi connectivity index (χ3n) is 6.82. The monoisotopic (exact) mass is 587 g/mol. The molecule has 5 N–H and O–H groups in total. The van der Waals surface area contributed by atoms with Gasteiger partial charge in [0.1, 0.15) is 0 Å². The van der Waals surface area contributed by atoms with E-state index < -0.39 is 17.8 Å². The Morgan fingerprint density at radius 2 is 1.95 bits per heavy atom. The number of nitrogens with two attached hydrogens (primary N) is 2. The Bertz CT molecular complexity index is 1620. The molecule has 1 aromatic carbocycles. The van der Waals surface area contributed by atoms with Gasteiger partial charge in [0.05, 0.1) is 39.9 Å². The second-order valence-corrected chi connectivity index (χ2v) is 10.0. The van der Waals surface area contributed by atoms with Gasteiger partial charge in [-0.15, -0.1) is 0 Å². The minimum atomic E-state index is -4.79. The molecule has 0 radical (unpaired) electrons. The number of pyridine rings is 1. The van der Waals surface area contributed by atoms with Crippen molar-refractivity contribution in [2.24, 2.45) is 18.7 Å². The van der Waals surface area contributed by atoms with E-state index in [1.165, 1.54) is 48.1 Å². The zero-order chi connectivity index (χ0) is 29.5. The molecular weight excluding hydrogens is 563 g/mol. The molecule has 4 aromatic rings. The van der Waals surface area contributed by atoms with Crippen LogP contribution in [0.4, 0.5) is 24.5 Å². The van der Waals surface area contributed by atoms with Crippen LogP contribution in [0.25, 0.3) is 17.1 Å². The first-order chi connectivity index (χ1) is 19.5. The zero-order valence-corrected chi connectivity index (χ0v) is 22.4. The maximum Gasteiger partial charge on any atom is 0.435 e. The molecular formula is C26H25ClF3N9O2. The highest BCUT2D eigenvalue weighted by Gasteiger charge is 2.39. The molecule has 0 spiro atoms. The fraction of sp³-hybridized carbons (Fsp3) is 0.269. The molecule has 3 aromatic heterocycles. The smallest absolute Gasteiger partial charge is 0.397 e. The number of hydrogen-bond acceptors (Lipinski definition) is 7. The first-order valence-electron chi connectivity index (χ1n) is 12.5. The van der Waals surface area contributed by atoms with Gasteiger partial charge in [0.2, 0.25) is 0 Å². The van der Waals surface area contributed by atoms with Crippen LogP contribution < -0.4 is 16.8 Å². The van der Waals surface area contributed by atoms with Gasteiger partial charge in [0.15, 0.2) is 17.3 Å². The lowest BCUT2D eigenvalue weighted by Gasteiger charge is -2.17. The number of aromatic nitrogens is 5. The minimum Gasteiger partial charge on any atom is -0.397 e. The second kappa shape index (κ2) is 10.9. The third-order valence-corrected chi connectivity index (χ3v) is 7.13. The lowest BCUT2D eigenvalue weighted by molar-refractivity contribution is -0.140. The highest BCUT2D eigenvalue weighted by molar-refractivity contribution is 6.34. The van der Waals surface area contributed by atoms with Crippen LogP contribution in [0.5, 0.6) is 0 Å². The fourth-order valence-electron chi connectivity index (χ4n) is 4.63. The summed E-state index contributed by atoms with van der Waals surface area (Å²) in [6, 6.07) is 7.37. The van der Waals surface area contributed by atoms with Crippen LogP contribution in [0.3, 0.4) is 0 Å². The number of carbonyl (C=O) groups is 2. The summed E-state index contributed by atoms with van der Waals surface area (Å²) in [5, 5.41) is 6.45. The van der Waals surface area contributed by atoms with E-state index in [4.69, 9.17) is 23.1 Å². The maximum absolute atomic E-state index is 13.9. The van der Waals surface area contributed by atoms with Crippen molar-refractivity contribution in [3.8, 4) is 17.1 Å². The van der Waals surface area contributed by atoms with E-state index in [0.717, 1.165) is 23.5 Å². The van der Waals surface area contributed by atoms with Crippen molar-refractivity contribution in [1.82, 2.24) is 29.2 Å². The number of nitrogens with zero attached hydrogens (tertiary/aromatic N) is 6. The van der Waals surface area contributed by atoms with Crippen molar-refractivity contribution >= 4 is 34.8 Å². The molecule has 4 heterocycles. The summed E-state index contributed by atoms with van der Waals surface area (Å²) in [4.78, 5) is 35.7. The number of rotatable bonds is 6. The highest BCUT2D eigenvalue weighted by atomic mass is 35.5. The summed E-state index contributed by atoms with van der Waals surface area (Å²) in [7, 11) is 1.41. The number of anilines is 2. The standard InChI is InChI=1S/C26H25ClF3N9O2/c1-37-20(18-13-39(36-22(18)26(28,29)30)21-5-2-15(32)10-33-21)11-34-23(37)24(40)35-16-3-4-17(19(27)8-16)25(41)38-7-6-14(9-31)12-38/h2-5,8,10-11,13-14H,6-7,9,12,31-32H2,1H3,(H,35,40)/t14-/m1/s1. The number of hydrogen-bond donors (Lipinski definition) is 3. The molecule has 0 saturated carbocycles. The Morgan fingerprint density at radius 3 is 2.59 bits per heavy atom. The second-order valence-electron chi connectivity index (χ2n) is 9.60. The van der Waals surface area contributed by atoms with Gasteiger partial charge >= 0.3 is 6.18 Å². The summed E-state index contributed by atoms with van der Waals surface area (Å²) < 4.78 is 43.9. The van der Waals surface area contributed by atoms with Gasteiger partial charge in [-0.3, -0.25) is 9.59 Å². The Morgan fingerprint density at radius 1 is 1.17 bits per heavy atom. The van der Waals surface area contributed by atoms with Crippen LogP contribution in [0.15, 0.2) is 48.9 Å². The van der Waals surface area contributed by atoms with Gasteiger partial charge in [-0.2, -0.15) is 18.3 Å². The van der Waals surface area contributed by atoms with Crippen molar-refractivity contribution < 1.29 is 22.8 Å². The molecule has 0 bridgehead atoms. The Kier molecular flexibility index (Phi) is 7.44. The Balaban J connectivity index is 1.38. The zero-order valence-electron chi connectivity index (χ0n) is 21.7. The molecule has 2 amide bonds. The van der Waals surface area contributed by atoms with Gasteiger partial charge in [-0.1, -0.05) is 11.6 Å². The van der Waals surface area contributed by atoms with Crippen molar-refractivity contribution in [1.29, 1.82) is 0 Å². The van der Waals surface area contributed by atoms with Crippen molar-refractivity contribution in [3.63, 3.8) is 0 Å².